The van der Waals surface area contributed by atoms with Gasteiger partial charge in [0, 0.05) is 28.1 Å². The molecular weight excluding hydrogens is 431 g/mol. The molecule has 0 radical (unpaired) electrons. The highest BCUT2D eigenvalue weighted by atomic mass is 35.5. The minimum Gasteiger partial charge on any atom is -0.301 e. The molecule has 162 valence electrons. The number of Topliss-reactive ketones (excluding diaryl/α,β-unsaturated/α-hetero) is 1. The number of carbonyl (C=O) groups excluding carboxylic acids is 2. The van der Waals surface area contributed by atoms with Crippen LogP contribution in [0.15, 0.2) is 47.5 Å². The molecular formula is C25H26Cl2N2O2. The van der Waals surface area contributed by atoms with Gasteiger partial charge in [-0.25, -0.2) is 0 Å². The van der Waals surface area contributed by atoms with E-state index in [1.807, 2.05) is 44.2 Å². The molecule has 0 saturated heterocycles. The van der Waals surface area contributed by atoms with Crippen molar-refractivity contribution in [2.45, 2.75) is 46.6 Å². The van der Waals surface area contributed by atoms with Gasteiger partial charge in [0.05, 0.1) is 23.3 Å². The average molecular weight is 457 g/mol. The largest absolute Gasteiger partial charge is 0.301 e. The normalized spacial score (nSPS) is 22.5. The number of halogens is 2. The number of anilines is 1. The molecule has 2 atom stereocenters. The summed E-state index contributed by atoms with van der Waals surface area (Å²) in [7, 11) is 0. The molecule has 31 heavy (non-hydrogen) atoms. The van der Waals surface area contributed by atoms with Crippen molar-refractivity contribution >= 4 is 52.0 Å². The van der Waals surface area contributed by atoms with Crippen LogP contribution in [0.5, 0.6) is 0 Å². The third-order valence-electron chi connectivity index (χ3n) is 6.03. The molecule has 1 amide bonds. The summed E-state index contributed by atoms with van der Waals surface area (Å²) in [5, 5.41) is 0.949. The second-order valence-corrected chi connectivity index (χ2v) is 10.4. The van der Waals surface area contributed by atoms with Crippen LogP contribution in [-0.2, 0) is 9.59 Å². The van der Waals surface area contributed by atoms with E-state index in [1.54, 1.807) is 17.0 Å². The lowest BCUT2D eigenvalue weighted by Gasteiger charge is -2.41. The van der Waals surface area contributed by atoms with Crippen LogP contribution < -0.4 is 4.90 Å². The fraction of sp³-hybridized carbons (Fsp3) is 0.400. The van der Waals surface area contributed by atoms with Crippen LogP contribution >= 0.6 is 23.2 Å². The molecule has 0 spiro atoms. The van der Waals surface area contributed by atoms with Gasteiger partial charge in [-0.2, -0.15) is 0 Å². The first-order valence-corrected chi connectivity index (χ1v) is 11.3. The van der Waals surface area contributed by atoms with E-state index in [4.69, 9.17) is 28.2 Å². The zero-order chi connectivity index (χ0) is 22.5. The second-order valence-electron chi connectivity index (χ2n) is 9.53. The van der Waals surface area contributed by atoms with Gasteiger partial charge < -0.3 is 4.90 Å². The Morgan fingerprint density at radius 3 is 2.52 bits per heavy atom. The second kappa shape index (κ2) is 8.07. The van der Waals surface area contributed by atoms with E-state index in [0.717, 1.165) is 5.71 Å². The molecule has 1 aliphatic heterocycles. The van der Waals surface area contributed by atoms with E-state index in [2.05, 4.69) is 13.8 Å². The monoisotopic (exact) mass is 456 g/mol. The Balaban J connectivity index is 2.02. The summed E-state index contributed by atoms with van der Waals surface area (Å²) in [6.07, 6.45) is 1.11. The van der Waals surface area contributed by atoms with E-state index in [-0.39, 0.29) is 23.0 Å². The third-order valence-corrected chi connectivity index (χ3v) is 6.59. The van der Waals surface area contributed by atoms with E-state index in [9.17, 15) is 9.59 Å². The van der Waals surface area contributed by atoms with Crippen molar-refractivity contribution in [2.75, 3.05) is 4.90 Å². The summed E-state index contributed by atoms with van der Waals surface area (Å²) in [5.41, 5.74) is 2.73. The molecule has 6 heteroatoms. The van der Waals surface area contributed by atoms with Crippen LogP contribution in [0.3, 0.4) is 0 Å². The molecule has 0 bridgehead atoms. The number of hydrogen-bond donors (Lipinski definition) is 0. The Kier molecular flexibility index (Phi) is 5.74. The molecule has 4 nitrogen and oxygen atoms in total. The number of para-hydroxylation sites is 2. The highest BCUT2D eigenvalue weighted by Crippen LogP contribution is 2.49. The summed E-state index contributed by atoms with van der Waals surface area (Å²) < 4.78 is 0. The predicted molar refractivity (Wildman–Crippen MR) is 127 cm³/mol. The quantitative estimate of drug-likeness (QED) is 0.497. The van der Waals surface area contributed by atoms with Crippen LogP contribution in [0.2, 0.25) is 10.0 Å². The number of rotatable bonds is 2. The Labute approximate surface area is 193 Å². The number of benzene rings is 2. The molecule has 4 rings (SSSR count). The first-order valence-electron chi connectivity index (χ1n) is 10.6. The SMILES string of the molecule is CC(C)C(=O)N1c2ccccc2N=C2CC(C)(C)CC(=O)[C@@H]2[C@H]1c1ccc(Cl)cc1Cl. The Morgan fingerprint density at radius 1 is 1.13 bits per heavy atom. The predicted octanol–water partition coefficient (Wildman–Crippen LogP) is 6.82. The van der Waals surface area contributed by atoms with Gasteiger partial charge in [0.25, 0.3) is 0 Å². The lowest BCUT2D eigenvalue weighted by molar-refractivity contribution is -0.125. The highest BCUT2D eigenvalue weighted by Gasteiger charge is 2.48. The van der Waals surface area contributed by atoms with Crippen LogP contribution in [0.4, 0.5) is 11.4 Å². The zero-order valence-electron chi connectivity index (χ0n) is 18.2. The fourth-order valence-electron chi connectivity index (χ4n) is 4.71. The van der Waals surface area contributed by atoms with Crippen molar-refractivity contribution in [3.8, 4) is 0 Å². The molecule has 1 fully saturated rings. The van der Waals surface area contributed by atoms with Gasteiger partial charge in [-0.1, -0.05) is 69.1 Å². The molecule has 1 saturated carbocycles. The van der Waals surface area contributed by atoms with Crippen molar-refractivity contribution in [1.29, 1.82) is 0 Å². The molecule has 1 heterocycles. The fourth-order valence-corrected chi connectivity index (χ4v) is 5.23. The van der Waals surface area contributed by atoms with Crippen molar-refractivity contribution in [1.82, 2.24) is 0 Å². The van der Waals surface area contributed by atoms with E-state index in [1.165, 1.54) is 0 Å². The Hall–Kier alpha value is -2.17. The number of carbonyl (C=O) groups is 2. The smallest absolute Gasteiger partial charge is 0.230 e. The molecule has 0 unspecified atom stereocenters. The Bertz CT molecular complexity index is 1090. The zero-order valence-corrected chi connectivity index (χ0v) is 19.7. The van der Waals surface area contributed by atoms with Crippen LogP contribution in [0.1, 0.15) is 52.1 Å². The summed E-state index contributed by atoms with van der Waals surface area (Å²) in [6.45, 7) is 7.90. The van der Waals surface area contributed by atoms with Crippen LogP contribution in [-0.4, -0.2) is 17.4 Å². The lowest BCUT2D eigenvalue weighted by Crippen LogP contribution is -2.48. The number of hydrogen-bond acceptors (Lipinski definition) is 3. The molecule has 2 aromatic rings. The first kappa shape index (κ1) is 22.0. The van der Waals surface area contributed by atoms with Gasteiger partial charge in [0.1, 0.15) is 5.78 Å². The molecule has 0 N–H and O–H groups in total. The van der Waals surface area contributed by atoms with Crippen molar-refractivity contribution < 1.29 is 9.59 Å². The van der Waals surface area contributed by atoms with Crippen LogP contribution in [0, 0.1) is 17.3 Å². The summed E-state index contributed by atoms with van der Waals surface area (Å²) in [6, 6.07) is 12.3. The maximum atomic E-state index is 13.6. The van der Waals surface area contributed by atoms with Gasteiger partial charge in [0.2, 0.25) is 5.91 Å². The van der Waals surface area contributed by atoms with E-state index in [0.29, 0.717) is 39.8 Å². The van der Waals surface area contributed by atoms with Crippen molar-refractivity contribution in [2.24, 2.45) is 22.2 Å². The first-order chi connectivity index (χ1) is 14.6. The van der Waals surface area contributed by atoms with E-state index < -0.39 is 12.0 Å². The summed E-state index contributed by atoms with van der Waals surface area (Å²) >= 11 is 12.8. The number of ketones is 1. The average Bonchev–Trinajstić information content (AvgIpc) is 2.80. The highest BCUT2D eigenvalue weighted by molar-refractivity contribution is 6.35. The number of nitrogens with zero attached hydrogens (tertiary/aromatic N) is 2. The van der Waals surface area contributed by atoms with Gasteiger partial charge >= 0.3 is 0 Å². The Morgan fingerprint density at radius 2 is 1.84 bits per heavy atom. The topological polar surface area (TPSA) is 49.7 Å². The number of fused-ring (bicyclic) bond motifs is 2. The van der Waals surface area contributed by atoms with E-state index >= 15 is 0 Å². The van der Waals surface area contributed by atoms with Gasteiger partial charge in [-0.3, -0.25) is 14.6 Å². The van der Waals surface area contributed by atoms with Gasteiger partial charge in [-0.05, 0) is 41.7 Å². The number of aliphatic imine (C=N–C) groups is 1. The lowest BCUT2D eigenvalue weighted by atomic mass is 9.68. The van der Waals surface area contributed by atoms with Crippen molar-refractivity contribution in [3.05, 3.63) is 58.1 Å². The standard InChI is InChI=1S/C25H26Cl2N2O2/c1-14(2)24(31)29-20-8-6-5-7-18(20)28-19-12-25(3,4)13-21(30)22(19)23(29)16-10-9-15(26)11-17(16)27/h5-11,14,22-23H,12-13H2,1-4H3/t22-,23-/m1/s1. The minimum absolute atomic E-state index is 0.0717. The van der Waals surface area contributed by atoms with Gasteiger partial charge in [0.15, 0.2) is 0 Å². The molecule has 2 aromatic carbocycles. The molecule has 1 aliphatic carbocycles. The molecule has 2 aliphatic rings. The maximum Gasteiger partial charge on any atom is 0.230 e. The third kappa shape index (κ3) is 4.04. The summed E-state index contributed by atoms with van der Waals surface area (Å²) in [5.74, 6) is -0.807. The van der Waals surface area contributed by atoms with Gasteiger partial charge in [-0.15, -0.1) is 0 Å². The maximum absolute atomic E-state index is 13.6. The summed E-state index contributed by atoms with van der Waals surface area (Å²) in [4.78, 5) is 33.8. The van der Waals surface area contributed by atoms with Crippen LogP contribution in [0.25, 0.3) is 0 Å². The minimum atomic E-state index is -0.578. The molecule has 0 aromatic heterocycles. The number of amides is 1. The van der Waals surface area contributed by atoms with Crippen molar-refractivity contribution in [3.63, 3.8) is 0 Å².